The van der Waals surface area contributed by atoms with Crippen LogP contribution in [0.1, 0.15) is 59.4 Å². The second-order valence-electron chi connectivity index (χ2n) is 11.0. The highest BCUT2D eigenvalue weighted by atomic mass is 19.1. The van der Waals surface area contributed by atoms with Gasteiger partial charge in [0.2, 0.25) is 11.8 Å². The van der Waals surface area contributed by atoms with Crippen molar-refractivity contribution < 1.29 is 28.6 Å². The number of allylic oxidation sites excluding steroid dienone is 2. The largest absolute Gasteiger partial charge is 0.394 e. The normalized spacial score (nSPS) is 19.4. The van der Waals surface area contributed by atoms with Gasteiger partial charge in [0, 0.05) is 42.7 Å². The summed E-state index contributed by atoms with van der Waals surface area (Å²) in [6.07, 6.45) is 3.61. The second kappa shape index (κ2) is 13.4. The lowest BCUT2D eigenvalue weighted by Crippen LogP contribution is -2.54. The number of benzene rings is 1. The lowest BCUT2D eigenvalue weighted by Gasteiger charge is -2.42. The predicted molar refractivity (Wildman–Crippen MR) is 144 cm³/mol. The molecule has 0 aromatic heterocycles. The van der Waals surface area contributed by atoms with E-state index in [2.05, 4.69) is 5.32 Å². The van der Waals surface area contributed by atoms with E-state index in [-0.39, 0.29) is 37.5 Å². The summed E-state index contributed by atoms with van der Waals surface area (Å²) in [6, 6.07) is 3.08. The van der Waals surface area contributed by atoms with E-state index in [4.69, 9.17) is 5.73 Å². The number of aliphatic hydroxyl groups excluding tert-OH is 2. The number of carbonyl (C=O) groups is 2. The highest BCUT2D eigenvalue weighted by Crippen LogP contribution is 2.44. The summed E-state index contributed by atoms with van der Waals surface area (Å²) >= 11 is 0. The van der Waals surface area contributed by atoms with Gasteiger partial charge in [-0.1, -0.05) is 31.6 Å². The molecule has 0 bridgehead atoms. The van der Waals surface area contributed by atoms with E-state index < -0.39 is 40.5 Å². The molecule has 1 aromatic carbocycles. The fourth-order valence-corrected chi connectivity index (χ4v) is 5.14. The van der Waals surface area contributed by atoms with Gasteiger partial charge in [0.15, 0.2) is 0 Å². The molecule has 0 saturated heterocycles. The van der Waals surface area contributed by atoms with E-state index in [1.165, 1.54) is 0 Å². The van der Waals surface area contributed by atoms with Crippen LogP contribution in [-0.4, -0.2) is 64.8 Å². The van der Waals surface area contributed by atoms with Crippen LogP contribution < -0.4 is 11.1 Å². The first-order valence-electron chi connectivity index (χ1n) is 13.3. The zero-order chi connectivity index (χ0) is 28.7. The molecular weight excluding hydrogens is 492 g/mol. The van der Waals surface area contributed by atoms with E-state index in [1.54, 1.807) is 37.8 Å². The fraction of sp³-hybridized carbons (Fsp3) is 0.586. The van der Waals surface area contributed by atoms with Crippen molar-refractivity contribution in [1.82, 2.24) is 10.2 Å². The van der Waals surface area contributed by atoms with Gasteiger partial charge in [-0.15, -0.1) is 0 Å². The van der Waals surface area contributed by atoms with Crippen molar-refractivity contribution in [3.05, 3.63) is 58.7 Å². The van der Waals surface area contributed by atoms with Crippen LogP contribution in [0, 0.1) is 23.0 Å². The topological polar surface area (TPSA) is 116 Å². The van der Waals surface area contributed by atoms with Crippen molar-refractivity contribution in [1.29, 1.82) is 0 Å². The number of halogens is 2. The van der Waals surface area contributed by atoms with Gasteiger partial charge in [0.1, 0.15) is 11.6 Å². The summed E-state index contributed by atoms with van der Waals surface area (Å²) < 4.78 is 28.2. The lowest BCUT2D eigenvalue weighted by molar-refractivity contribution is -0.132. The molecule has 1 aliphatic carbocycles. The first kappa shape index (κ1) is 31.6. The first-order chi connectivity index (χ1) is 17.8. The molecule has 212 valence electrons. The van der Waals surface area contributed by atoms with Crippen molar-refractivity contribution in [3.8, 4) is 0 Å². The molecule has 38 heavy (non-hydrogen) atoms. The SMILES string of the molecule is CCCN(CCC)C(=O)C1=CC(C)=CC(C(N)=O)([C@H](Cc2cc(F)cc(F)c2)[C@@H](O)CNC(C)(C)CO)C1. The quantitative estimate of drug-likeness (QED) is 0.292. The van der Waals surface area contributed by atoms with Crippen molar-refractivity contribution in [3.63, 3.8) is 0 Å². The Morgan fingerprint density at radius 3 is 2.24 bits per heavy atom. The molecule has 1 unspecified atom stereocenters. The number of β-amino-alcohol motifs (C(OH)–C–C–N with tert-alkyl or cyclic N) is 1. The summed E-state index contributed by atoms with van der Waals surface area (Å²) in [5, 5.41) is 24.2. The van der Waals surface area contributed by atoms with Gasteiger partial charge >= 0.3 is 0 Å². The third-order valence-corrected chi connectivity index (χ3v) is 7.07. The average Bonchev–Trinajstić information content (AvgIpc) is 2.84. The summed E-state index contributed by atoms with van der Waals surface area (Å²) in [5.41, 5.74) is 5.09. The second-order valence-corrected chi connectivity index (χ2v) is 11.0. The molecule has 0 heterocycles. The maximum Gasteiger partial charge on any atom is 0.249 e. The average molecular weight is 536 g/mol. The van der Waals surface area contributed by atoms with Crippen molar-refractivity contribution in [2.45, 2.75) is 71.9 Å². The molecule has 0 fully saturated rings. The van der Waals surface area contributed by atoms with Gasteiger partial charge < -0.3 is 26.2 Å². The summed E-state index contributed by atoms with van der Waals surface area (Å²) in [6.45, 7) is 10.1. The van der Waals surface area contributed by atoms with E-state index >= 15 is 0 Å². The highest BCUT2D eigenvalue weighted by Gasteiger charge is 2.48. The number of aliphatic hydroxyl groups is 2. The fourth-order valence-electron chi connectivity index (χ4n) is 5.14. The number of amides is 2. The van der Waals surface area contributed by atoms with Gasteiger partial charge in [0.25, 0.3) is 0 Å². The Kier molecular flexibility index (Phi) is 11.2. The molecule has 5 N–H and O–H groups in total. The molecular formula is C29H43F2N3O4. The molecule has 1 aromatic rings. The highest BCUT2D eigenvalue weighted by molar-refractivity contribution is 5.96. The summed E-state index contributed by atoms with van der Waals surface area (Å²) in [5.74, 6) is -3.42. The van der Waals surface area contributed by atoms with Crippen LogP contribution in [0.5, 0.6) is 0 Å². The minimum Gasteiger partial charge on any atom is -0.394 e. The van der Waals surface area contributed by atoms with Gasteiger partial charge in [0.05, 0.1) is 18.1 Å². The number of hydrogen-bond acceptors (Lipinski definition) is 5. The van der Waals surface area contributed by atoms with E-state index in [0.29, 0.717) is 24.2 Å². The standard InChI is InChI=1S/C29H43F2N3O4/c1-6-8-34(9-7-2)26(37)21-10-19(3)15-29(16-21,27(32)38)24(25(36)17-33-28(4,5)18-35)13-20-11-22(30)14-23(31)12-20/h10-12,14-15,24-25,33,35-36H,6-9,13,16-18H2,1-5H3,(H2,32,38)/t24-,25+,29?/m1/s1. The van der Waals surface area contributed by atoms with Gasteiger partial charge in [-0.05, 0) is 64.2 Å². The molecule has 1 aliphatic rings. The zero-order valence-corrected chi connectivity index (χ0v) is 23.2. The number of carbonyl (C=O) groups excluding carboxylic acids is 2. The smallest absolute Gasteiger partial charge is 0.249 e. The van der Waals surface area contributed by atoms with Crippen LogP contribution >= 0.6 is 0 Å². The predicted octanol–water partition coefficient (Wildman–Crippen LogP) is 3.24. The van der Waals surface area contributed by atoms with Crippen LogP contribution in [-0.2, 0) is 16.0 Å². The molecule has 2 amide bonds. The molecule has 0 radical (unpaired) electrons. The Morgan fingerprint density at radius 2 is 1.74 bits per heavy atom. The van der Waals surface area contributed by atoms with Crippen LogP contribution in [0.3, 0.4) is 0 Å². The van der Waals surface area contributed by atoms with Crippen LogP contribution in [0.25, 0.3) is 0 Å². The Balaban J connectivity index is 2.57. The molecule has 7 nitrogen and oxygen atoms in total. The minimum atomic E-state index is -1.50. The van der Waals surface area contributed by atoms with Crippen molar-refractivity contribution >= 4 is 11.8 Å². The molecule has 0 saturated carbocycles. The van der Waals surface area contributed by atoms with Gasteiger partial charge in [-0.3, -0.25) is 9.59 Å². The van der Waals surface area contributed by atoms with Crippen molar-refractivity contribution in [2.75, 3.05) is 26.2 Å². The van der Waals surface area contributed by atoms with Crippen LogP contribution in [0.2, 0.25) is 0 Å². The Morgan fingerprint density at radius 1 is 1.16 bits per heavy atom. The number of hydrogen-bond donors (Lipinski definition) is 4. The Labute approximate surface area is 224 Å². The maximum absolute atomic E-state index is 14.1. The van der Waals surface area contributed by atoms with Gasteiger partial charge in [-0.25, -0.2) is 8.78 Å². The number of primary amides is 1. The monoisotopic (exact) mass is 535 g/mol. The number of nitrogens with zero attached hydrogens (tertiary/aromatic N) is 1. The van der Waals surface area contributed by atoms with Crippen LogP contribution in [0.4, 0.5) is 8.78 Å². The lowest BCUT2D eigenvalue weighted by atomic mass is 9.63. The molecule has 2 rings (SSSR count). The third-order valence-electron chi connectivity index (χ3n) is 7.07. The Bertz CT molecular complexity index is 1030. The number of nitrogens with one attached hydrogen (secondary N) is 1. The molecule has 3 atom stereocenters. The van der Waals surface area contributed by atoms with E-state index in [9.17, 15) is 28.6 Å². The maximum atomic E-state index is 14.1. The van der Waals surface area contributed by atoms with Crippen LogP contribution in [0.15, 0.2) is 41.5 Å². The van der Waals surface area contributed by atoms with Gasteiger partial charge in [-0.2, -0.15) is 0 Å². The number of rotatable bonds is 14. The third kappa shape index (κ3) is 7.94. The first-order valence-corrected chi connectivity index (χ1v) is 13.3. The summed E-state index contributed by atoms with van der Waals surface area (Å²) in [7, 11) is 0. The van der Waals surface area contributed by atoms with Crippen molar-refractivity contribution in [2.24, 2.45) is 17.1 Å². The molecule has 0 spiro atoms. The summed E-state index contributed by atoms with van der Waals surface area (Å²) in [4.78, 5) is 28.5. The Hall–Kier alpha value is -2.62. The molecule has 0 aliphatic heterocycles. The number of nitrogens with two attached hydrogens (primary N) is 1. The molecule has 9 heteroatoms. The van der Waals surface area contributed by atoms with E-state index in [0.717, 1.165) is 31.0 Å². The zero-order valence-electron chi connectivity index (χ0n) is 23.2. The van der Waals surface area contributed by atoms with E-state index in [1.807, 2.05) is 13.8 Å². The minimum absolute atomic E-state index is 0.0251.